The topological polar surface area (TPSA) is 56.8 Å². The van der Waals surface area contributed by atoms with Gasteiger partial charge in [0.15, 0.2) is 0 Å². The van der Waals surface area contributed by atoms with Crippen molar-refractivity contribution in [2.75, 3.05) is 39.3 Å². The van der Waals surface area contributed by atoms with E-state index in [4.69, 9.17) is 16.3 Å². The SMILES string of the molecule is CC1CC(C(=O)N2CCN(CCOc3ccccc3Cl)CC2)NN1. The minimum atomic E-state index is -0.0879. The van der Waals surface area contributed by atoms with Crippen molar-refractivity contribution in [3.05, 3.63) is 29.3 Å². The number of hydrogen-bond acceptors (Lipinski definition) is 5. The number of benzene rings is 1. The van der Waals surface area contributed by atoms with E-state index in [0.29, 0.717) is 17.7 Å². The first kappa shape index (κ1) is 17.5. The standard InChI is InChI=1S/C17H25ClN4O2/c1-13-12-15(20-19-13)17(23)22-8-6-21(7-9-22)10-11-24-16-5-3-2-4-14(16)18/h2-5,13,15,19-20H,6-12H2,1H3. The van der Waals surface area contributed by atoms with Crippen LogP contribution in [0.15, 0.2) is 24.3 Å². The third kappa shape index (κ3) is 4.39. The fourth-order valence-corrected chi connectivity index (χ4v) is 3.33. The molecule has 2 unspecified atom stereocenters. The molecule has 0 radical (unpaired) electrons. The number of carbonyl (C=O) groups excluding carboxylic acids is 1. The fraction of sp³-hybridized carbons (Fsp3) is 0.588. The molecule has 24 heavy (non-hydrogen) atoms. The van der Waals surface area contributed by atoms with Gasteiger partial charge >= 0.3 is 0 Å². The Morgan fingerprint density at radius 1 is 1.25 bits per heavy atom. The second kappa shape index (κ2) is 8.16. The number of amides is 1. The summed E-state index contributed by atoms with van der Waals surface area (Å²) in [6, 6.07) is 7.77. The molecule has 2 aliphatic heterocycles. The maximum atomic E-state index is 12.5. The van der Waals surface area contributed by atoms with Crippen molar-refractivity contribution in [3.8, 4) is 5.75 Å². The molecule has 6 nitrogen and oxygen atoms in total. The third-order valence-electron chi connectivity index (χ3n) is 4.58. The molecule has 3 rings (SSSR count). The molecule has 0 aliphatic carbocycles. The Hall–Kier alpha value is -1.34. The lowest BCUT2D eigenvalue weighted by atomic mass is 10.1. The number of hydrazine groups is 1. The van der Waals surface area contributed by atoms with Crippen LogP contribution in [0.4, 0.5) is 0 Å². The number of nitrogens with one attached hydrogen (secondary N) is 2. The smallest absolute Gasteiger partial charge is 0.241 e. The number of hydrogen-bond donors (Lipinski definition) is 2. The molecule has 1 amide bonds. The second-order valence-corrected chi connectivity index (χ2v) is 6.83. The molecule has 0 saturated carbocycles. The van der Waals surface area contributed by atoms with Gasteiger partial charge in [-0.05, 0) is 25.5 Å². The van der Waals surface area contributed by atoms with Crippen molar-refractivity contribution in [2.45, 2.75) is 25.4 Å². The fourth-order valence-electron chi connectivity index (χ4n) is 3.14. The number of nitrogens with zero attached hydrogens (tertiary/aromatic N) is 2. The summed E-state index contributed by atoms with van der Waals surface area (Å²) in [5, 5.41) is 0.639. The van der Waals surface area contributed by atoms with Gasteiger partial charge in [-0.15, -0.1) is 0 Å². The highest BCUT2D eigenvalue weighted by atomic mass is 35.5. The Balaban J connectivity index is 1.38. The van der Waals surface area contributed by atoms with Gasteiger partial charge in [0.2, 0.25) is 5.91 Å². The lowest BCUT2D eigenvalue weighted by Crippen LogP contribution is -2.54. The largest absolute Gasteiger partial charge is 0.491 e. The minimum absolute atomic E-state index is 0.0879. The summed E-state index contributed by atoms with van der Waals surface area (Å²) >= 11 is 6.08. The van der Waals surface area contributed by atoms with Crippen LogP contribution in [0.3, 0.4) is 0 Å². The molecule has 2 fully saturated rings. The van der Waals surface area contributed by atoms with E-state index in [1.165, 1.54) is 0 Å². The van der Waals surface area contributed by atoms with Crippen LogP contribution in [0.1, 0.15) is 13.3 Å². The van der Waals surface area contributed by atoms with Crippen molar-refractivity contribution in [1.82, 2.24) is 20.7 Å². The molecule has 2 aliphatic rings. The van der Waals surface area contributed by atoms with Crippen LogP contribution in [-0.4, -0.2) is 67.1 Å². The summed E-state index contributed by atoms with van der Waals surface area (Å²) in [4.78, 5) is 16.7. The first-order valence-corrected chi connectivity index (χ1v) is 8.91. The highest BCUT2D eigenvalue weighted by Crippen LogP contribution is 2.22. The van der Waals surface area contributed by atoms with Gasteiger partial charge in [-0.3, -0.25) is 15.1 Å². The van der Waals surface area contributed by atoms with Crippen LogP contribution in [0.2, 0.25) is 5.02 Å². The summed E-state index contributed by atoms with van der Waals surface area (Å²) in [7, 11) is 0. The van der Waals surface area contributed by atoms with E-state index in [2.05, 4.69) is 22.7 Å². The van der Waals surface area contributed by atoms with Crippen LogP contribution in [0.25, 0.3) is 0 Å². The van der Waals surface area contributed by atoms with E-state index in [1.807, 2.05) is 29.2 Å². The van der Waals surface area contributed by atoms with Gasteiger partial charge in [-0.2, -0.15) is 0 Å². The Morgan fingerprint density at radius 3 is 2.67 bits per heavy atom. The summed E-state index contributed by atoms with van der Waals surface area (Å²) in [6.07, 6.45) is 0.852. The Kier molecular flexibility index (Phi) is 5.94. The van der Waals surface area contributed by atoms with E-state index < -0.39 is 0 Å². The highest BCUT2D eigenvalue weighted by Gasteiger charge is 2.31. The van der Waals surface area contributed by atoms with Crippen molar-refractivity contribution in [3.63, 3.8) is 0 Å². The Bertz CT molecular complexity index is 563. The molecule has 2 N–H and O–H groups in total. The van der Waals surface area contributed by atoms with Crippen LogP contribution < -0.4 is 15.6 Å². The predicted octanol–water partition coefficient (Wildman–Crippen LogP) is 1.12. The zero-order valence-corrected chi connectivity index (χ0v) is 14.8. The number of para-hydroxylation sites is 1. The van der Waals surface area contributed by atoms with Crippen molar-refractivity contribution >= 4 is 17.5 Å². The first-order valence-electron chi connectivity index (χ1n) is 8.53. The molecule has 1 aromatic rings. The van der Waals surface area contributed by atoms with E-state index in [1.54, 1.807) is 0 Å². The summed E-state index contributed by atoms with van der Waals surface area (Å²) in [5.74, 6) is 0.931. The van der Waals surface area contributed by atoms with E-state index >= 15 is 0 Å². The predicted molar refractivity (Wildman–Crippen MR) is 94.1 cm³/mol. The monoisotopic (exact) mass is 352 g/mol. The van der Waals surface area contributed by atoms with Crippen LogP contribution in [-0.2, 0) is 4.79 Å². The van der Waals surface area contributed by atoms with Crippen LogP contribution >= 0.6 is 11.6 Å². The third-order valence-corrected chi connectivity index (χ3v) is 4.89. The lowest BCUT2D eigenvalue weighted by Gasteiger charge is -2.35. The number of ether oxygens (including phenoxy) is 1. The quantitative estimate of drug-likeness (QED) is 0.831. The molecular formula is C17H25ClN4O2. The molecule has 0 bridgehead atoms. The molecular weight excluding hydrogens is 328 g/mol. The summed E-state index contributed by atoms with van der Waals surface area (Å²) in [6.45, 7) is 6.84. The van der Waals surface area contributed by atoms with Gasteiger partial charge in [0.05, 0.1) is 5.02 Å². The van der Waals surface area contributed by atoms with Crippen molar-refractivity contribution in [1.29, 1.82) is 0 Å². The molecule has 2 saturated heterocycles. The average Bonchev–Trinajstić information content (AvgIpc) is 3.03. The highest BCUT2D eigenvalue weighted by molar-refractivity contribution is 6.32. The second-order valence-electron chi connectivity index (χ2n) is 6.42. The molecule has 7 heteroatoms. The maximum absolute atomic E-state index is 12.5. The number of carbonyl (C=O) groups is 1. The normalized spacial score (nSPS) is 25.0. The number of piperazine rings is 1. The Morgan fingerprint density at radius 2 is 2.00 bits per heavy atom. The van der Waals surface area contributed by atoms with Crippen LogP contribution in [0.5, 0.6) is 5.75 Å². The van der Waals surface area contributed by atoms with Crippen LogP contribution in [0, 0.1) is 0 Å². The molecule has 0 aromatic heterocycles. The Labute approximate surface area is 148 Å². The number of halogens is 1. The lowest BCUT2D eigenvalue weighted by molar-refractivity contribution is -0.135. The molecule has 0 spiro atoms. The van der Waals surface area contributed by atoms with Gasteiger partial charge in [-0.1, -0.05) is 23.7 Å². The van der Waals surface area contributed by atoms with Gasteiger partial charge < -0.3 is 9.64 Å². The van der Waals surface area contributed by atoms with Gasteiger partial charge in [-0.25, -0.2) is 5.43 Å². The van der Waals surface area contributed by atoms with Gasteiger partial charge in [0.1, 0.15) is 18.4 Å². The summed E-state index contributed by atoms with van der Waals surface area (Å²) < 4.78 is 5.73. The minimum Gasteiger partial charge on any atom is -0.491 e. The zero-order valence-electron chi connectivity index (χ0n) is 14.0. The first-order chi connectivity index (χ1) is 11.6. The maximum Gasteiger partial charge on any atom is 0.241 e. The van der Waals surface area contributed by atoms with E-state index in [0.717, 1.165) is 44.9 Å². The van der Waals surface area contributed by atoms with Gasteiger partial charge in [0.25, 0.3) is 0 Å². The number of rotatable bonds is 5. The molecule has 2 heterocycles. The molecule has 1 aromatic carbocycles. The van der Waals surface area contributed by atoms with E-state index in [-0.39, 0.29) is 11.9 Å². The van der Waals surface area contributed by atoms with E-state index in [9.17, 15) is 4.79 Å². The summed E-state index contributed by atoms with van der Waals surface area (Å²) in [5.41, 5.74) is 6.20. The molecule has 132 valence electrons. The average molecular weight is 353 g/mol. The van der Waals surface area contributed by atoms with Gasteiger partial charge in [0, 0.05) is 38.8 Å². The molecule has 2 atom stereocenters. The van der Waals surface area contributed by atoms with Crippen molar-refractivity contribution < 1.29 is 9.53 Å². The van der Waals surface area contributed by atoms with Crippen molar-refractivity contribution in [2.24, 2.45) is 0 Å². The zero-order chi connectivity index (χ0) is 16.9.